The van der Waals surface area contributed by atoms with Crippen molar-refractivity contribution in [1.82, 2.24) is 10.6 Å². The van der Waals surface area contributed by atoms with Crippen molar-refractivity contribution in [3.63, 3.8) is 0 Å². The Morgan fingerprint density at radius 1 is 1.32 bits per heavy atom. The number of amides is 1. The monoisotopic (exact) mass is 268 g/mol. The van der Waals surface area contributed by atoms with Crippen LogP contribution in [0.4, 0.5) is 0 Å². The molecule has 5 nitrogen and oxygen atoms in total. The van der Waals surface area contributed by atoms with Gasteiger partial charge in [-0.3, -0.25) is 4.79 Å². The largest absolute Gasteiger partial charge is 0.392 e. The average molecular weight is 268 g/mol. The second-order valence-electron chi connectivity index (χ2n) is 7.02. The van der Waals surface area contributed by atoms with Crippen LogP contribution < -0.4 is 10.6 Å². The quantitative estimate of drug-likeness (QED) is 0.557. The highest BCUT2D eigenvalue weighted by atomic mass is 16.3. The fourth-order valence-electron chi connectivity index (χ4n) is 4.46. The first-order valence-electron chi connectivity index (χ1n) is 7.28. The molecule has 3 fully saturated rings. The Balaban J connectivity index is 1.76. The fraction of sp³-hybridized carbons (Fsp3) is 0.929. The first-order chi connectivity index (χ1) is 8.87. The van der Waals surface area contributed by atoms with Crippen molar-refractivity contribution >= 4 is 5.91 Å². The molecule has 3 rings (SSSR count). The van der Waals surface area contributed by atoms with Gasteiger partial charge in [-0.25, -0.2) is 0 Å². The molecule has 0 aromatic heterocycles. The van der Waals surface area contributed by atoms with Crippen LogP contribution in [0.2, 0.25) is 0 Å². The molecule has 0 unspecified atom stereocenters. The first kappa shape index (κ1) is 13.3. The van der Waals surface area contributed by atoms with E-state index in [9.17, 15) is 15.0 Å². The highest BCUT2D eigenvalue weighted by Gasteiger charge is 2.64. The summed E-state index contributed by atoms with van der Waals surface area (Å²) in [5, 5.41) is 26.0. The molecule has 1 heterocycles. The summed E-state index contributed by atoms with van der Waals surface area (Å²) in [6.07, 6.45) is 2.29. The number of hydrogen-bond donors (Lipinski definition) is 4. The summed E-state index contributed by atoms with van der Waals surface area (Å²) in [6, 6.07) is -0.327. The van der Waals surface area contributed by atoms with Gasteiger partial charge < -0.3 is 20.8 Å². The Morgan fingerprint density at radius 3 is 2.53 bits per heavy atom. The third-order valence-corrected chi connectivity index (χ3v) is 5.90. The van der Waals surface area contributed by atoms with E-state index in [2.05, 4.69) is 24.5 Å². The van der Waals surface area contributed by atoms with E-state index >= 15 is 0 Å². The number of carbonyl (C=O) groups is 1. The number of aliphatic hydroxyl groups excluding tert-OH is 2. The lowest BCUT2D eigenvalue weighted by Crippen LogP contribution is -2.62. The normalized spacial score (nSPS) is 47.6. The van der Waals surface area contributed by atoms with Crippen LogP contribution in [-0.2, 0) is 4.79 Å². The SMILES string of the molecule is CC1(C)[C@@H]2CC[C@@]1(NC(=O)[C@@H]1C[C@@H](O)CN1)[C@H](O)C2. The van der Waals surface area contributed by atoms with Gasteiger partial charge in [0.05, 0.1) is 23.8 Å². The van der Waals surface area contributed by atoms with Crippen LogP contribution in [0.25, 0.3) is 0 Å². The Kier molecular flexibility index (Phi) is 2.93. The molecule has 5 atom stereocenters. The number of hydrogen-bond acceptors (Lipinski definition) is 4. The molecule has 0 spiro atoms. The zero-order valence-corrected chi connectivity index (χ0v) is 11.6. The zero-order chi connectivity index (χ0) is 13.8. The van der Waals surface area contributed by atoms with E-state index in [1.54, 1.807) is 0 Å². The predicted octanol–water partition coefficient (Wildman–Crippen LogP) is -0.235. The van der Waals surface area contributed by atoms with Crippen LogP contribution in [0, 0.1) is 11.3 Å². The van der Waals surface area contributed by atoms with Gasteiger partial charge in [0.15, 0.2) is 0 Å². The minimum absolute atomic E-state index is 0.0563. The van der Waals surface area contributed by atoms with E-state index < -0.39 is 17.7 Å². The molecule has 2 aliphatic carbocycles. The van der Waals surface area contributed by atoms with E-state index in [4.69, 9.17) is 0 Å². The maximum Gasteiger partial charge on any atom is 0.237 e. The van der Waals surface area contributed by atoms with Crippen LogP contribution in [-0.4, -0.2) is 46.5 Å². The molecule has 0 aromatic rings. The fourth-order valence-corrected chi connectivity index (χ4v) is 4.46. The lowest BCUT2D eigenvalue weighted by molar-refractivity contribution is -0.128. The van der Waals surface area contributed by atoms with Crippen molar-refractivity contribution in [2.75, 3.05) is 6.54 Å². The summed E-state index contributed by atoms with van der Waals surface area (Å²) in [6.45, 7) is 4.77. The molecule has 1 amide bonds. The molecule has 108 valence electrons. The van der Waals surface area contributed by atoms with Gasteiger partial charge in [0, 0.05) is 6.54 Å². The number of carbonyl (C=O) groups excluding carboxylic acids is 1. The summed E-state index contributed by atoms with van der Waals surface area (Å²) in [7, 11) is 0. The molecule has 2 saturated carbocycles. The highest BCUT2D eigenvalue weighted by Crippen LogP contribution is 2.60. The average Bonchev–Trinajstić information content (AvgIpc) is 2.91. The van der Waals surface area contributed by atoms with Gasteiger partial charge in [0.2, 0.25) is 5.91 Å². The van der Waals surface area contributed by atoms with Crippen molar-refractivity contribution in [3.8, 4) is 0 Å². The lowest BCUT2D eigenvalue weighted by Gasteiger charge is -2.41. The summed E-state index contributed by atoms with van der Waals surface area (Å²) in [5.74, 6) is 0.413. The van der Waals surface area contributed by atoms with E-state index in [1.165, 1.54) is 0 Å². The van der Waals surface area contributed by atoms with Crippen LogP contribution in [0.15, 0.2) is 0 Å². The van der Waals surface area contributed by atoms with Crippen molar-refractivity contribution in [2.24, 2.45) is 11.3 Å². The Hall–Kier alpha value is -0.650. The van der Waals surface area contributed by atoms with Gasteiger partial charge in [-0.05, 0) is 37.0 Å². The van der Waals surface area contributed by atoms with Gasteiger partial charge >= 0.3 is 0 Å². The van der Waals surface area contributed by atoms with Gasteiger partial charge in [0.25, 0.3) is 0 Å². The lowest BCUT2D eigenvalue weighted by atomic mass is 9.75. The topological polar surface area (TPSA) is 81.6 Å². The van der Waals surface area contributed by atoms with Crippen LogP contribution in [0.3, 0.4) is 0 Å². The maximum absolute atomic E-state index is 12.4. The molecule has 2 bridgehead atoms. The van der Waals surface area contributed by atoms with Gasteiger partial charge in [-0.2, -0.15) is 0 Å². The van der Waals surface area contributed by atoms with E-state index in [-0.39, 0.29) is 17.4 Å². The van der Waals surface area contributed by atoms with Crippen LogP contribution >= 0.6 is 0 Å². The van der Waals surface area contributed by atoms with E-state index in [0.717, 1.165) is 19.3 Å². The van der Waals surface area contributed by atoms with Gasteiger partial charge in [-0.15, -0.1) is 0 Å². The minimum Gasteiger partial charge on any atom is -0.392 e. The van der Waals surface area contributed by atoms with Gasteiger partial charge in [0.1, 0.15) is 0 Å². The first-order valence-corrected chi connectivity index (χ1v) is 7.28. The van der Waals surface area contributed by atoms with Crippen molar-refractivity contribution < 1.29 is 15.0 Å². The maximum atomic E-state index is 12.4. The molecule has 0 radical (unpaired) electrons. The van der Waals surface area contributed by atoms with Gasteiger partial charge in [-0.1, -0.05) is 13.8 Å². The second kappa shape index (κ2) is 4.17. The van der Waals surface area contributed by atoms with E-state index in [1.807, 2.05) is 0 Å². The van der Waals surface area contributed by atoms with Crippen molar-refractivity contribution in [3.05, 3.63) is 0 Å². The Labute approximate surface area is 113 Å². The molecular formula is C14H24N2O3. The molecule has 1 aliphatic heterocycles. The molecule has 3 aliphatic rings. The molecule has 1 saturated heterocycles. The number of nitrogens with one attached hydrogen (secondary N) is 2. The van der Waals surface area contributed by atoms with E-state index in [0.29, 0.717) is 18.9 Å². The number of β-amino-alcohol motifs (C(OH)–C–C–N with tert-alkyl or cyclic N) is 1. The Bertz CT molecular complexity index is 398. The second-order valence-corrected chi connectivity index (χ2v) is 7.02. The van der Waals surface area contributed by atoms with Crippen LogP contribution in [0.5, 0.6) is 0 Å². The molecule has 19 heavy (non-hydrogen) atoms. The molecule has 0 aromatic carbocycles. The van der Waals surface area contributed by atoms with Crippen LogP contribution in [0.1, 0.15) is 39.5 Å². The molecular weight excluding hydrogens is 244 g/mol. The third kappa shape index (κ3) is 1.75. The summed E-state index contributed by atoms with van der Waals surface area (Å²) in [5.41, 5.74) is -0.538. The van der Waals surface area contributed by atoms with Crippen molar-refractivity contribution in [2.45, 2.75) is 63.3 Å². The number of aliphatic hydroxyl groups is 2. The molecule has 4 N–H and O–H groups in total. The number of rotatable bonds is 2. The Morgan fingerprint density at radius 2 is 2.05 bits per heavy atom. The van der Waals surface area contributed by atoms with Crippen molar-refractivity contribution in [1.29, 1.82) is 0 Å². The highest BCUT2D eigenvalue weighted by molar-refractivity contribution is 5.83. The standard InChI is InChI=1S/C14H24N2O3/c1-13(2)8-3-4-14(13,11(18)5-8)16-12(19)10-6-9(17)7-15-10/h8-11,15,17-18H,3-7H2,1-2H3,(H,16,19)/t8-,9-,10+,11-,14-/m1/s1. The third-order valence-electron chi connectivity index (χ3n) is 5.90. The predicted molar refractivity (Wildman–Crippen MR) is 70.4 cm³/mol. The number of fused-ring (bicyclic) bond motifs is 2. The summed E-state index contributed by atoms with van der Waals surface area (Å²) in [4.78, 5) is 12.4. The molecule has 5 heteroatoms. The smallest absolute Gasteiger partial charge is 0.237 e. The minimum atomic E-state index is -0.482. The summed E-state index contributed by atoms with van der Waals surface area (Å²) < 4.78 is 0. The zero-order valence-electron chi connectivity index (χ0n) is 11.6. The summed E-state index contributed by atoms with van der Waals surface area (Å²) >= 11 is 0.